The van der Waals surface area contributed by atoms with Crippen molar-refractivity contribution in [2.24, 2.45) is 4.99 Å². The predicted molar refractivity (Wildman–Crippen MR) is 80.6 cm³/mol. The molecule has 0 aliphatic carbocycles. The number of aliphatic imine (C=N–C) groups is 1. The van der Waals surface area contributed by atoms with Crippen LogP contribution in [0.1, 0.15) is 56.3 Å². The average molecular weight is 308 g/mol. The molecule has 0 spiro atoms. The molecule has 0 saturated heterocycles. The van der Waals surface area contributed by atoms with Crippen molar-refractivity contribution in [1.82, 2.24) is 0 Å². The molecule has 1 aromatic rings. The van der Waals surface area contributed by atoms with Gasteiger partial charge >= 0.3 is 117 Å². The molecule has 2 atom stereocenters. The summed E-state index contributed by atoms with van der Waals surface area (Å²) in [6.45, 7) is 4.54. The average Bonchev–Trinajstić information content (AvgIpc) is 2.39. The van der Waals surface area contributed by atoms with E-state index in [0.29, 0.717) is 21.0 Å². The quantitative estimate of drug-likeness (QED) is 0.571. The molecule has 1 aromatic carbocycles. The molecule has 1 heterocycles. The van der Waals surface area contributed by atoms with E-state index in [1.54, 1.807) is 0 Å². The Morgan fingerprint density at radius 3 is 2.72 bits per heavy atom. The van der Waals surface area contributed by atoms with Gasteiger partial charge in [0.15, 0.2) is 0 Å². The topological polar surface area (TPSA) is 12.4 Å². The molecule has 0 fully saturated rings. The first-order valence-corrected chi connectivity index (χ1v) is 8.92. The van der Waals surface area contributed by atoms with Crippen molar-refractivity contribution in [3.8, 4) is 0 Å². The predicted octanol–water partition coefficient (Wildman–Crippen LogP) is 4.20. The molecule has 2 rings (SSSR count). The zero-order valence-electron chi connectivity index (χ0n) is 11.4. The van der Waals surface area contributed by atoms with Crippen LogP contribution in [0.4, 0.5) is 0 Å². The summed E-state index contributed by atoms with van der Waals surface area (Å²) in [4.78, 5) is 5.63. The van der Waals surface area contributed by atoms with Crippen LogP contribution in [-0.4, -0.2) is 25.6 Å². The number of unbranched alkanes of at least 4 members (excludes halogenated alkanes) is 2. The minimum atomic E-state index is 0.516. The fraction of sp³-hybridized carbons (Fsp3) is 0.562. The fourth-order valence-electron chi connectivity index (χ4n) is 2.37. The van der Waals surface area contributed by atoms with Crippen LogP contribution in [0.3, 0.4) is 0 Å². The van der Waals surface area contributed by atoms with Crippen molar-refractivity contribution < 1.29 is 0 Å². The van der Waals surface area contributed by atoms with E-state index < -0.39 is 0 Å². The summed E-state index contributed by atoms with van der Waals surface area (Å²) in [5.74, 6) is 0. The van der Waals surface area contributed by atoms with Crippen LogP contribution >= 0.6 is 0 Å². The van der Waals surface area contributed by atoms with Gasteiger partial charge in [-0.1, -0.05) is 0 Å². The first kappa shape index (κ1) is 13.8. The summed E-state index contributed by atoms with van der Waals surface area (Å²) >= 11 is 0.571. The number of hydrogen-bond acceptors (Lipinski definition) is 1. The van der Waals surface area contributed by atoms with Crippen LogP contribution in [0.2, 0.25) is 0 Å². The molecular weight excluding hydrogens is 285 g/mol. The van der Waals surface area contributed by atoms with Gasteiger partial charge in [-0.2, -0.15) is 0 Å². The Morgan fingerprint density at radius 1 is 1.22 bits per heavy atom. The molecule has 98 valence electrons. The van der Waals surface area contributed by atoms with Gasteiger partial charge in [-0.15, -0.1) is 0 Å². The van der Waals surface area contributed by atoms with Crippen molar-refractivity contribution in [1.29, 1.82) is 0 Å². The normalized spacial score (nSPS) is 23.8. The number of rotatable bonds is 5. The van der Waals surface area contributed by atoms with E-state index >= 15 is 0 Å². The summed E-state index contributed by atoms with van der Waals surface area (Å²) in [5.41, 5.74) is 1.52. The van der Waals surface area contributed by atoms with E-state index in [4.69, 9.17) is 4.99 Å². The van der Waals surface area contributed by atoms with Gasteiger partial charge in [0.1, 0.15) is 0 Å². The van der Waals surface area contributed by atoms with Crippen LogP contribution < -0.4 is 0 Å². The van der Waals surface area contributed by atoms with Gasteiger partial charge in [0.05, 0.1) is 0 Å². The summed E-state index contributed by atoms with van der Waals surface area (Å²) in [5, 5.41) is 0. The van der Waals surface area contributed by atoms with Gasteiger partial charge < -0.3 is 0 Å². The van der Waals surface area contributed by atoms with Crippen molar-refractivity contribution in [3.05, 3.63) is 35.9 Å². The third-order valence-electron chi connectivity index (χ3n) is 3.36. The van der Waals surface area contributed by atoms with E-state index in [1.165, 1.54) is 42.3 Å². The number of hydrogen-bond donors (Lipinski definition) is 0. The molecule has 0 amide bonds. The van der Waals surface area contributed by atoms with E-state index in [9.17, 15) is 0 Å². The Morgan fingerprint density at radius 2 is 2.00 bits per heavy atom. The van der Waals surface area contributed by atoms with Crippen LogP contribution in [0.5, 0.6) is 0 Å². The molecule has 0 N–H and O–H groups in total. The van der Waals surface area contributed by atoms with Crippen molar-refractivity contribution in [2.75, 3.05) is 0 Å². The fourth-order valence-corrected chi connectivity index (χ4v) is 5.52. The summed E-state index contributed by atoms with van der Waals surface area (Å²) in [6, 6.07) is 11.5. The number of nitrogens with zero attached hydrogens (tertiary/aromatic N) is 1. The third kappa shape index (κ3) is 3.96. The third-order valence-corrected chi connectivity index (χ3v) is 6.16. The first-order chi connectivity index (χ1) is 8.79. The first-order valence-electron chi connectivity index (χ1n) is 7.08. The van der Waals surface area contributed by atoms with Crippen LogP contribution in [0.15, 0.2) is 35.3 Å². The summed E-state index contributed by atoms with van der Waals surface area (Å²) < 4.78 is 1.52. The Hall–Kier alpha value is -0.591. The molecule has 0 bridgehead atoms. The zero-order chi connectivity index (χ0) is 12.8. The second-order valence-electron chi connectivity index (χ2n) is 5.08. The van der Waals surface area contributed by atoms with E-state index in [2.05, 4.69) is 44.2 Å². The van der Waals surface area contributed by atoms with Crippen LogP contribution in [0.25, 0.3) is 0 Å². The maximum absolute atomic E-state index is 4.87. The van der Waals surface area contributed by atoms with Gasteiger partial charge in [-0.05, 0) is 0 Å². The standard InChI is InChI=1S/C16H23NSe/c1-3-4-6-11-16-17-13(2)12-15(18-16)14-9-7-5-8-10-14/h5,7-10,13,15H,3-4,6,11-12H2,1-2H3. The van der Waals surface area contributed by atoms with Gasteiger partial charge in [0.2, 0.25) is 0 Å². The van der Waals surface area contributed by atoms with Gasteiger partial charge in [-0.3, -0.25) is 0 Å². The molecule has 2 heteroatoms. The number of benzene rings is 1. The molecule has 2 unspecified atom stereocenters. The van der Waals surface area contributed by atoms with Crippen molar-refractivity contribution >= 4 is 19.6 Å². The monoisotopic (exact) mass is 309 g/mol. The molecule has 1 nitrogen and oxygen atoms in total. The second-order valence-corrected chi connectivity index (χ2v) is 7.76. The Bertz CT molecular complexity index is 385. The van der Waals surface area contributed by atoms with E-state index in [0.717, 1.165) is 4.82 Å². The van der Waals surface area contributed by atoms with E-state index in [-0.39, 0.29) is 0 Å². The summed E-state index contributed by atoms with van der Waals surface area (Å²) in [7, 11) is 0. The Kier molecular flexibility index (Phi) is 5.46. The Balaban J connectivity index is 1.98. The zero-order valence-corrected chi connectivity index (χ0v) is 13.1. The molecule has 0 aromatic heterocycles. The SMILES string of the molecule is CCCCCC1=NC(C)CC(c2ccccc2)[Se]1. The van der Waals surface area contributed by atoms with Gasteiger partial charge in [-0.25, -0.2) is 0 Å². The molecule has 18 heavy (non-hydrogen) atoms. The molecular formula is C16H23NSe. The minimum absolute atomic E-state index is 0.516. The van der Waals surface area contributed by atoms with Crippen LogP contribution in [0, 0.1) is 0 Å². The van der Waals surface area contributed by atoms with Crippen molar-refractivity contribution in [2.45, 2.75) is 56.8 Å². The second kappa shape index (κ2) is 7.11. The summed E-state index contributed by atoms with van der Waals surface area (Å²) in [6.07, 6.45) is 6.45. The Labute approximate surface area is 117 Å². The molecule has 1 aliphatic rings. The molecule has 0 radical (unpaired) electrons. The molecule has 1 aliphatic heterocycles. The van der Waals surface area contributed by atoms with Gasteiger partial charge in [0, 0.05) is 0 Å². The maximum atomic E-state index is 4.87. The van der Waals surface area contributed by atoms with Crippen molar-refractivity contribution in [3.63, 3.8) is 0 Å². The van der Waals surface area contributed by atoms with E-state index in [1.807, 2.05) is 0 Å². The van der Waals surface area contributed by atoms with Crippen LogP contribution in [-0.2, 0) is 0 Å². The van der Waals surface area contributed by atoms with Gasteiger partial charge in [0.25, 0.3) is 0 Å². The molecule has 0 saturated carbocycles.